The minimum Gasteiger partial charge on any atom is -0.460 e. The van der Waals surface area contributed by atoms with E-state index < -0.39 is 17.7 Å². The summed E-state index contributed by atoms with van der Waals surface area (Å²) in [6.45, 7) is 5.42. The third kappa shape index (κ3) is 5.87. The number of benzene rings is 2. The molecule has 9 heteroatoms. The van der Waals surface area contributed by atoms with E-state index in [4.69, 9.17) is 37.1 Å². The molecule has 7 nitrogen and oxygen atoms in total. The fraction of sp³-hybridized carbons (Fsp3) is 0.286. The molecule has 0 aliphatic carbocycles. The second-order valence-corrected chi connectivity index (χ2v) is 8.30. The van der Waals surface area contributed by atoms with Crippen LogP contribution in [-0.2, 0) is 9.47 Å². The number of ether oxygens (including phenoxy) is 2. The fourth-order valence-corrected chi connectivity index (χ4v) is 3.07. The van der Waals surface area contributed by atoms with E-state index >= 15 is 0 Å². The van der Waals surface area contributed by atoms with Crippen molar-refractivity contribution >= 4 is 46.4 Å². The maximum Gasteiger partial charge on any atom is 0.407 e. The smallest absolute Gasteiger partial charge is 0.407 e. The predicted molar refractivity (Wildman–Crippen MR) is 114 cm³/mol. The normalized spacial score (nSPS) is 11.4. The minimum atomic E-state index is -0.595. The molecule has 0 aliphatic rings. The number of hydrogen-bond acceptors (Lipinski definition) is 6. The van der Waals surface area contributed by atoms with Crippen LogP contribution < -0.4 is 5.32 Å². The lowest BCUT2D eigenvalue weighted by Crippen LogP contribution is -2.34. The van der Waals surface area contributed by atoms with Gasteiger partial charge < -0.3 is 19.2 Å². The van der Waals surface area contributed by atoms with Crippen LogP contribution in [-0.4, -0.2) is 35.8 Å². The van der Waals surface area contributed by atoms with Gasteiger partial charge in [0.1, 0.15) is 17.7 Å². The number of rotatable bonds is 5. The number of aromatic nitrogens is 1. The third-order valence-electron chi connectivity index (χ3n) is 3.74. The van der Waals surface area contributed by atoms with Gasteiger partial charge in [-0.05, 0) is 57.2 Å². The number of carbonyl (C=O) groups is 2. The Kier molecular flexibility index (Phi) is 6.53. The summed E-state index contributed by atoms with van der Waals surface area (Å²) < 4.78 is 16.0. The van der Waals surface area contributed by atoms with Gasteiger partial charge >= 0.3 is 12.1 Å². The molecule has 30 heavy (non-hydrogen) atoms. The molecule has 0 bridgehead atoms. The van der Waals surface area contributed by atoms with Crippen LogP contribution in [0.15, 0.2) is 40.8 Å². The van der Waals surface area contributed by atoms with Crippen molar-refractivity contribution in [1.82, 2.24) is 10.3 Å². The lowest BCUT2D eigenvalue weighted by atomic mass is 10.2. The van der Waals surface area contributed by atoms with Crippen LogP contribution in [0.25, 0.3) is 22.6 Å². The van der Waals surface area contributed by atoms with Crippen molar-refractivity contribution in [1.29, 1.82) is 0 Å². The predicted octanol–water partition coefficient (Wildman–Crippen LogP) is 5.48. The molecule has 0 unspecified atom stereocenters. The Labute approximate surface area is 183 Å². The van der Waals surface area contributed by atoms with Gasteiger partial charge in [0.25, 0.3) is 0 Å². The van der Waals surface area contributed by atoms with Gasteiger partial charge in [-0.1, -0.05) is 23.2 Å². The summed E-state index contributed by atoms with van der Waals surface area (Å²) in [5.74, 6) is -0.215. The Balaban J connectivity index is 1.62. The van der Waals surface area contributed by atoms with E-state index in [9.17, 15) is 9.59 Å². The second-order valence-electron chi connectivity index (χ2n) is 7.42. The third-order valence-corrected chi connectivity index (χ3v) is 4.17. The number of oxazole rings is 1. The van der Waals surface area contributed by atoms with Gasteiger partial charge in [0, 0.05) is 15.6 Å². The van der Waals surface area contributed by atoms with Gasteiger partial charge in [0.05, 0.1) is 12.1 Å². The Hall–Kier alpha value is -2.77. The van der Waals surface area contributed by atoms with Gasteiger partial charge in [-0.3, -0.25) is 0 Å². The molecule has 0 aliphatic heterocycles. The SMILES string of the molecule is CC(C)(C)OC(=O)NCCOC(=O)c1ccc2nc(-c3cc(Cl)cc(Cl)c3)oc2c1. The van der Waals surface area contributed by atoms with Crippen LogP contribution in [0.4, 0.5) is 4.79 Å². The molecule has 3 rings (SSSR count). The Morgan fingerprint density at radius 2 is 1.80 bits per heavy atom. The lowest BCUT2D eigenvalue weighted by molar-refractivity contribution is 0.0434. The van der Waals surface area contributed by atoms with E-state index in [0.29, 0.717) is 38.2 Å². The first-order chi connectivity index (χ1) is 14.1. The number of nitrogens with zero attached hydrogens (tertiary/aromatic N) is 1. The molecule has 158 valence electrons. The topological polar surface area (TPSA) is 90.7 Å². The highest BCUT2D eigenvalue weighted by molar-refractivity contribution is 6.35. The Morgan fingerprint density at radius 3 is 2.47 bits per heavy atom. The van der Waals surface area contributed by atoms with Crippen LogP contribution >= 0.6 is 23.2 Å². The summed E-state index contributed by atoms with van der Waals surface area (Å²) in [6, 6.07) is 9.77. The molecular weight excluding hydrogens is 431 g/mol. The van der Waals surface area contributed by atoms with Crippen LogP contribution in [0.5, 0.6) is 0 Å². The summed E-state index contributed by atoms with van der Waals surface area (Å²) in [6.07, 6.45) is -0.574. The highest BCUT2D eigenvalue weighted by Gasteiger charge is 2.16. The van der Waals surface area contributed by atoms with E-state index in [0.717, 1.165) is 0 Å². The molecule has 1 N–H and O–H groups in total. The van der Waals surface area contributed by atoms with Crippen LogP contribution in [0, 0.1) is 0 Å². The van der Waals surface area contributed by atoms with E-state index in [1.807, 2.05) is 0 Å². The molecule has 1 amide bonds. The summed E-state index contributed by atoms with van der Waals surface area (Å²) in [4.78, 5) is 28.2. The van der Waals surface area contributed by atoms with Crippen molar-refractivity contribution in [3.63, 3.8) is 0 Å². The summed E-state index contributed by atoms with van der Waals surface area (Å²) in [5.41, 5.74) is 1.32. The Morgan fingerprint density at radius 1 is 1.10 bits per heavy atom. The van der Waals surface area contributed by atoms with Crippen LogP contribution in [0.3, 0.4) is 0 Å². The summed E-state index contributed by atoms with van der Waals surface area (Å²) in [5, 5.41) is 3.44. The zero-order chi connectivity index (χ0) is 21.9. The monoisotopic (exact) mass is 450 g/mol. The first kappa shape index (κ1) is 21.9. The number of esters is 1. The number of carbonyl (C=O) groups excluding carboxylic acids is 2. The highest BCUT2D eigenvalue weighted by atomic mass is 35.5. The zero-order valence-electron chi connectivity index (χ0n) is 16.6. The number of hydrogen-bond donors (Lipinski definition) is 1. The van der Waals surface area contributed by atoms with Crippen LogP contribution in [0.2, 0.25) is 10.0 Å². The maximum absolute atomic E-state index is 12.3. The highest BCUT2D eigenvalue weighted by Crippen LogP contribution is 2.29. The fourth-order valence-electron chi connectivity index (χ4n) is 2.55. The zero-order valence-corrected chi connectivity index (χ0v) is 18.1. The standard InChI is InChI=1S/C21H20Cl2N2O5/c1-21(2,3)30-20(27)24-6-7-28-19(26)12-4-5-16-17(10-12)29-18(25-16)13-8-14(22)11-15(23)9-13/h4-5,8-11H,6-7H2,1-3H3,(H,24,27). The van der Waals surface area contributed by atoms with Gasteiger partial charge in [-0.2, -0.15) is 0 Å². The molecule has 0 fully saturated rings. The van der Waals surface area contributed by atoms with Crippen molar-refractivity contribution in [2.24, 2.45) is 0 Å². The average molecular weight is 451 g/mol. The molecule has 1 heterocycles. The maximum atomic E-state index is 12.3. The molecule has 0 atom stereocenters. The van der Waals surface area contributed by atoms with Gasteiger partial charge in [0.15, 0.2) is 5.58 Å². The van der Waals surface area contributed by atoms with E-state index in [1.165, 1.54) is 0 Å². The van der Waals surface area contributed by atoms with Crippen molar-refractivity contribution in [3.8, 4) is 11.5 Å². The summed E-state index contributed by atoms with van der Waals surface area (Å²) >= 11 is 12.1. The van der Waals surface area contributed by atoms with Gasteiger partial charge in [-0.25, -0.2) is 14.6 Å². The van der Waals surface area contributed by atoms with Gasteiger partial charge in [0.2, 0.25) is 5.89 Å². The Bertz CT molecular complexity index is 1070. The quantitative estimate of drug-likeness (QED) is 0.408. The van der Waals surface area contributed by atoms with Gasteiger partial charge in [-0.15, -0.1) is 0 Å². The molecule has 1 aromatic heterocycles. The molecular formula is C21H20Cl2N2O5. The molecule has 3 aromatic rings. The molecule has 2 aromatic carbocycles. The number of halogens is 2. The van der Waals surface area contributed by atoms with Crippen LogP contribution in [0.1, 0.15) is 31.1 Å². The van der Waals surface area contributed by atoms with E-state index in [2.05, 4.69) is 10.3 Å². The van der Waals surface area contributed by atoms with Crippen molar-refractivity contribution in [2.45, 2.75) is 26.4 Å². The van der Waals surface area contributed by atoms with Crippen molar-refractivity contribution in [3.05, 3.63) is 52.0 Å². The lowest BCUT2D eigenvalue weighted by Gasteiger charge is -2.19. The molecule has 0 radical (unpaired) electrons. The number of nitrogens with one attached hydrogen (secondary N) is 1. The van der Waals surface area contributed by atoms with E-state index in [-0.39, 0.29) is 13.2 Å². The number of alkyl carbamates (subject to hydrolysis) is 1. The first-order valence-electron chi connectivity index (χ1n) is 9.12. The number of fused-ring (bicyclic) bond motifs is 1. The van der Waals surface area contributed by atoms with E-state index in [1.54, 1.807) is 57.2 Å². The van der Waals surface area contributed by atoms with Crippen molar-refractivity contribution < 1.29 is 23.5 Å². The molecule has 0 saturated carbocycles. The largest absolute Gasteiger partial charge is 0.460 e. The van der Waals surface area contributed by atoms with Crippen molar-refractivity contribution in [2.75, 3.05) is 13.2 Å². The first-order valence-corrected chi connectivity index (χ1v) is 9.87. The summed E-state index contributed by atoms with van der Waals surface area (Å²) in [7, 11) is 0. The minimum absolute atomic E-state index is 0.00121. The number of amides is 1. The second kappa shape index (κ2) is 8.93. The molecule has 0 saturated heterocycles. The average Bonchev–Trinajstić information content (AvgIpc) is 3.06. The molecule has 0 spiro atoms.